The minimum Gasteiger partial charge on any atom is -0.468 e. The fraction of sp³-hybridized carbons (Fsp3) is 0.304. The van der Waals surface area contributed by atoms with Crippen molar-refractivity contribution < 1.29 is 14.2 Å². The van der Waals surface area contributed by atoms with Gasteiger partial charge in [0.2, 0.25) is 5.06 Å². The number of alkyl halides is 1. The first-order chi connectivity index (χ1) is 13.0. The molecule has 4 atom stereocenters. The lowest BCUT2D eigenvalue weighted by molar-refractivity contribution is -0.152. The van der Waals surface area contributed by atoms with Crippen LogP contribution in [0.1, 0.15) is 25.0 Å². The summed E-state index contributed by atoms with van der Waals surface area (Å²) in [4.78, 5) is 0. The van der Waals surface area contributed by atoms with Crippen LogP contribution in [0.25, 0.3) is 5.57 Å². The summed E-state index contributed by atoms with van der Waals surface area (Å²) in [5, 5.41) is -1.06. The summed E-state index contributed by atoms with van der Waals surface area (Å²) in [5.74, 6) is 0.110. The Hall–Kier alpha value is -2.07. The zero-order chi connectivity index (χ0) is 18.6. The molecule has 6 rings (SSSR count). The Balaban J connectivity index is 1.71. The molecule has 2 saturated heterocycles. The highest BCUT2D eigenvalue weighted by Gasteiger charge is 2.62. The lowest BCUT2D eigenvalue weighted by Gasteiger charge is -2.46. The molecule has 4 aliphatic rings. The van der Waals surface area contributed by atoms with Crippen molar-refractivity contribution in [1.29, 1.82) is 0 Å². The van der Waals surface area contributed by atoms with Crippen molar-refractivity contribution in [3.63, 3.8) is 0 Å². The Morgan fingerprint density at radius 1 is 0.889 bits per heavy atom. The first kappa shape index (κ1) is 17.1. The third-order valence-corrected chi connectivity index (χ3v) is 5.76. The molecule has 2 fully saturated rings. The molecule has 0 spiro atoms. The van der Waals surface area contributed by atoms with Crippen LogP contribution in [0, 0.1) is 5.92 Å². The second-order valence-electron chi connectivity index (χ2n) is 7.68. The maximum atomic E-state index is 6.89. The molecule has 0 aromatic heterocycles. The SMILES string of the molecule is CC1(C)O[C@@H]2[C@@H]3C=C[C@@](Cl)(OC3=C(c3ccccc3)c3ccccc3)[C@@H]2O1. The maximum Gasteiger partial charge on any atom is 0.229 e. The largest absolute Gasteiger partial charge is 0.468 e. The second kappa shape index (κ2) is 5.96. The van der Waals surface area contributed by atoms with Crippen molar-refractivity contribution in [1.82, 2.24) is 0 Å². The maximum absolute atomic E-state index is 6.89. The lowest BCUT2D eigenvalue weighted by atomic mass is 9.80. The van der Waals surface area contributed by atoms with Crippen molar-refractivity contribution in [3.8, 4) is 0 Å². The summed E-state index contributed by atoms with van der Waals surface area (Å²) in [5.41, 5.74) is 3.23. The molecule has 0 amide bonds. The van der Waals surface area contributed by atoms with Gasteiger partial charge < -0.3 is 14.2 Å². The Morgan fingerprint density at radius 3 is 2.07 bits per heavy atom. The van der Waals surface area contributed by atoms with Gasteiger partial charge >= 0.3 is 0 Å². The average Bonchev–Trinajstić information content (AvgIpc) is 3.01. The molecule has 138 valence electrons. The number of hydrogen-bond acceptors (Lipinski definition) is 3. The van der Waals surface area contributed by atoms with Crippen molar-refractivity contribution in [2.24, 2.45) is 5.92 Å². The van der Waals surface area contributed by atoms with Gasteiger partial charge in [-0.05, 0) is 31.1 Å². The van der Waals surface area contributed by atoms with Gasteiger partial charge in [0.25, 0.3) is 0 Å². The first-order valence-corrected chi connectivity index (χ1v) is 9.63. The normalized spacial score (nSPS) is 32.9. The molecular weight excluding hydrogens is 360 g/mol. The predicted molar refractivity (Wildman–Crippen MR) is 105 cm³/mol. The summed E-state index contributed by atoms with van der Waals surface area (Å²) in [7, 11) is 0. The molecule has 0 radical (unpaired) electrons. The molecule has 0 N–H and O–H groups in total. The van der Waals surface area contributed by atoms with Gasteiger partial charge in [-0.3, -0.25) is 0 Å². The summed E-state index contributed by atoms with van der Waals surface area (Å²) in [6, 6.07) is 20.6. The first-order valence-electron chi connectivity index (χ1n) is 9.25. The van der Waals surface area contributed by atoms with E-state index in [4.69, 9.17) is 25.8 Å². The summed E-state index contributed by atoms with van der Waals surface area (Å²) < 4.78 is 18.7. The standard InChI is InChI=1S/C23H21ClO3/c1-22(2)25-20-17-13-14-23(24,21(20)27-22)26-19(17)18(15-9-5-3-6-10-15)16-11-7-4-8-12-16/h3-14,17,20-21H,1-2H3/t17-,20-,21-,23-/m1/s1. The minimum absolute atomic E-state index is 0.0483. The second-order valence-corrected chi connectivity index (χ2v) is 8.27. The van der Waals surface area contributed by atoms with Gasteiger partial charge in [-0.1, -0.05) is 78.3 Å². The molecule has 4 heteroatoms. The van der Waals surface area contributed by atoms with E-state index in [1.54, 1.807) is 0 Å². The minimum atomic E-state index is -1.06. The van der Waals surface area contributed by atoms with Gasteiger partial charge in [0.05, 0.1) is 5.92 Å². The third-order valence-electron chi connectivity index (χ3n) is 5.34. The van der Waals surface area contributed by atoms with E-state index < -0.39 is 10.8 Å². The Bertz CT molecular complexity index is 878. The van der Waals surface area contributed by atoms with E-state index in [0.717, 1.165) is 22.5 Å². The van der Waals surface area contributed by atoms with E-state index in [9.17, 15) is 0 Å². The molecule has 1 aliphatic carbocycles. The van der Waals surface area contributed by atoms with E-state index in [0.29, 0.717) is 0 Å². The Kier molecular flexibility index (Phi) is 3.77. The van der Waals surface area contributed by atoms with Crippen LogP contribution in [0.4, 0.5) is 0 Å². The number of rotatable bonds is 2. The van der Waals surface area contributed by atoms with Crippen LogP contribution in [0.3, 0.4) is 0 Å². The van der Waals surface area contributed by atoms with E-state index in [1.807, 2.05) is 56.3 Å². The summed E-state index contributed by atoms with van der Waals surface area (Å²) in [6.45, 7) is 3.84. The molecule has 3 nitrogen and oxygen atoms in total. The van der Waals surface area contributed by atoms with E-state index >= 15 is 0 Å². The van der Waals surface area contributed by atoms with Gasteiger partial charge in [0.15, 0.2) is 5.79 Å². The zero-order valence-electron chi connectivity index (χ0n) is 15.3. The van der Waals surface area contributed by atoms with Crippen LogP contribution in [0.5, 0.6) is 0 Å². The summed E-state index contributed by atoms with van der Waals surface area (Å²) >= 11 is 6.89. The number of fused-ring (bicyclic) bond motifs is 1. The van der Waals surface area contributed by atoms with Crippen LogP contribution >= 0.6 is 11.6 Å². The fourth-order valence-corrected chi connectivity index (χ4v) is 4.56. The molecular formula is C23H21ClO3. The molecule has 3 heterocycles. The highest BCUT2D eigenvalue weighted by Crippen LogP contribution is 2.54. The van der Waals surface area contributed by atoms with Crippen LogP contribution in [0.15, 0.2) is 78.6 Å². The van der Waals surface area contributed by atoms with Gasteiger partial charge in [0, 0.05) is 5.57 Å². The van der Waals surface area contributed by atoms with Gasteiger partial charge in [-0.2, -0.15) is 0 Å². The van der Waals surface area contributed by atoms with Crippen LogP contribution in [0.2, 0.25) is 0 Å². The zero-order valence-corrected chi connectivity index (χ0v) is 16.0. The van der Waals surface area contributed by atoms with Gasteiger partial charge in [-0.25, -0.2) is 0 Å². The van der Waals surface area contributed by atoms with E-state index in [-0.39, 0.29) is 18.1 Å². The van der Waals surface area contributed by atoms with E-state index in [2.05, 4.69) is 30.3 Å². The highest BCUT2D eigenvalue weighted by molar-refractivity contribution is 6.25. The van der Waals surface area contributed by atoms with Crippen LogP contribution in [-0.2, 0) is 14.2 Å². The van der Waals surface area contributed by atoms with Crippen molar-refractivity contribution in [2.45, 2.75) is 36.9 Å². The number of ether oxygens (including phenoxy) is 3. The van der Waals surface area contributed by atoms with E-state index in [1.165, 1.54) is 0 Å². The molecule has 2 bridgehead atoms. The number of halogens is 1. The van der Waals surface area contributed by atoms with Crippen LogP contribution < -0.4 is 0 Å². The monoisotopic (exact) mass is 380 g/mol. The highest BCUT2D eigenvalue weighted by atomic mass is 35.5. The van der Waals surface area contributed by atoms with Gasteiger partial charge in [0.1, 0.15) is 18.0 Å². The average molecular weight is 381 g/mol. The van der Waals surface area contributed by atoms with Crippen LogP contribution in [-0.4, -0.2) is 23.1 Å². The van der Waals surface area contributed by atoms with Crippen molar-refractivity contribution >= 4 is 17.2 Å². The fourth-order valence-electron chi connectivity index (χ4n) is 4.24. The smallest absolute Gasteiger partial charge is 0.229 e. The Morgan fingerprint density at radius 2 is 1.48 bits per heavy atom. The van der Waals surface area contributed by atoms with Crippen molar-refractivity contribution in [2.75, 3.05) is 0 Å². The van der Waals surface area contributed by atoms with Crippen molar-refractivity contribution in [3.05, 3.63) is 89.7 Å². The third kappa shape index (κ3) is 2.73. The number of hydrogen-bond donors (Lipinski definition) is 0. The Labute approximate surface area is 164 Å². The van der Waals surface area contributed by atoms with Gasteiger partial charge in [-0.15, -0.1) is 0 Å². The molecule has 2 aromatic rings. The molecule has 27 heavy (non-hydrogen) atoms. The predicted octanol–water partition coefficient (Wildman–Crippen LogP) is 5.12. The summed E-state index contributed by atoms with van der Waals surface area (Å²) in [6.07, 6.45) is 3.50. The topological polar surface area (TPSA) is 27.7 Å². The number of benzene rings is 2. The lowest BCUT2D eigenvalue weighted by Crippen LogP contribution is -2.55. The molecule has 3 aliphatic heterocycles. The molecule has 0 unspecified atom stereocenters. The quantitative estimate of drug-likeness (QED) is 0.534. The molecule has 0 saturated carbocycles. The molecule has 2 aromatic carbocycles.